The van der Waals surface area contributed by atoms with Crippen LogP contribution in [0.15, 0.2) is 0 Å². The van der Waals surface area contributed by atoms with E-state index in [1.807, 2.05) is 0 Å². The Morgan fingerprint density at radius 1 is 1.12 bits per heavy atom. The molecule has 0 amide bonds. The van der Waals surface area contributed by atoms with Crippen molar-refractivity contribution >= 4 is 11.8 Å². The lowest BCUT2D eigenvalue weighted by atomic mass is 9.78. The third-order valence-corrected chi connectivity index (χ3v) is 4.74. The summed E-state index contributed by atoms with van der Waals surface area (Å²) in [7, 11) is 0. The highest BCUT2D eigenvalue weighted by molar-refractivity contribution is 7.99. The molecule has 0 aromatic heterocycles. The molecule has 0 saturated heterocycles. The van der Waals surface area contributed by atoms with E-state index in [2.05, 4.69) is 51.7 Å². The first-order chi connectivity index (χ1) is 8.10. The van der Waals surface area contributed by atoms with Gasteiger partial charge < -0.3 is 5.32 Å². The van der Waals surface area contributed by atoms with Crippen LogP contribution in [0.1, 0.15) is 60.3 Å². The molecular weight excluding hydrogens is 226 g/mol. The third-order valence-electron chi connectivity index (χ3n) is 3.75. The summed E-state index contributed by atoms with van der Waals surface area (Å²) in [5.41, 5.74) is 0.545. The Morgan fingerprint density at radius 3 is 2.24 bits per heavy atom. The molecular formula is C15H33NS. The van der Waals surface area contributed by atoms with E-state index in [0.29, 0.717) is 5.41 Å². The first-order valence-corrected chi connectivity index (χ1v) is 8.54. The Labute approximate surface area is 114 Å². The molecule has 17 heavy (non-hydrogen) atoms. The number of rotatable bonds is 11. The molecule has 0 fully saturated rings. The highest BCUT2D eigenvalue weighted by Gasteiger charge is 2.24. The number of nitrogens with one attached hydrogen (secondary N) is 1. The quantitative estimate of drug-likeness (QED) is 0.545. The average molecular weight is 260 g/mol. The zero-order valence-electron chi connectivity index (χ0n) is 12.6. The molecule has 2 heteroatoms. The van der Waals surface area contributed by atoms with Crippen LogP contribution in [-0.2, 0) is 0 Å². The summed E-state index contributed by atoms with van der Waals surface area (Å²) in [6.07, 6.45) is 5.39. The van der Waals surface area contributed by atoms with Crippen LogP contribution in [-0.4, -0.2) is 24.6 Å². The molecule has 0 aliphatic carbocycles. The fraction of sp³-hybridized carbons (Fsp3) is 1.00. The summed E-state index contributed by atoms with van der Waals surface area (Å²) in [6, 6.07) is 0. The van der Waals surface area contributed by atoms with Gasteiger partial charge in [-0.2, -0.15) is 11.8 Å². The van der Waals surface area contributed by atoms with Crippen molar-refractivity contribution in [3.63, 3.8) is 0 Å². The second-order valence-corrected chi connectivity index (χ2v) is 6.93. The maximum absolute atomic E-state index is 3.66. The van der Waals surface area contributed by atoms with Crippen molar-refractivity contribution in [2.24, 2.45) is 11.3 Å². The van der Waals surface area contributed by atoms with Crippen molar-refractivity contribution in [3.05, 3.63) is 0 Å². The predicted molar refractivity (Wildman–Crippen MR) is 83.0 cm³/mol. The largest absolute Gasteiger partial charge is 0.316 e. The Bertz CT molecular complexity index is 164. The summed E-state index contributed by atoms with van der Waals surface area (Å²) in [5.74, 6) is 3.36. The maximum atomic E-state index is 3.66. The van der Waals surface area contributed by atoms with E-state index in [1.54, 1.807) is 0 Å². The Balaban J connectivity index is 3.97. The minimum atomic E-state index is 0.545. The van der Waals surface area contributed by atoms with Gasteiger partial charge in [0.05, 0.1) is 0 Å². The lowest BCUT2D eigenvalue weighted by Crippen LogP contribution is -2.35. The number of thioether (sulfide) groups is 1. The average Bonchev–Trinajstić information content (AvgIpc) is 2.32. The van der Waals surface area contributed by atoms with Crippen LogP contribution in [0.4, 0.5) is 0 Å². The summed E-state index contributed by atoms with van der Waals surface area (Å²) in [4.78, 5) is 0. The van der Waals surface area contributed by atoms with Gasteiger partial charge in [-0.15, -0.1) is 0 Å². The van der Waals surface area contributed by atoms with E-state index >= 15 is 0 Å². The maximum Gasteiger partial charge on any atom is 0.000772 e. The summed E-state index contributed by atoms with van der Waals surface area (Å²) < 4.78 is 0. The van der Waals surface area contributed by atoms with Gasteiger partial charge in [-0.3, -0.25) is 0 Å². The van der Waals surface area contributed by atoms with E-state index in [0.717, 1.165) is 12.5 Å². The van der Waals surface area contributed by atoms with E-state index in [-0.39, 0.29) is 0 Å². The Morgan fingerprint density at radius 2 is 1.76 bits per heavy atom. The summed E-state index contributed by atoms with van der Waals surface area (Å²) >= 11 is 2.08. The second kappa shape index (κ2) is 10.3. The zero-order valence-corrected chi connectivity index (χ0v) is 13.5. The summed E-state index contributed by atoms with van der Waals surface area (Å²) in [5, 5.41) is 3.66. The van der Waals surface area contributed by atoms with Gasteiger partial charge in [0.15, 0.2) is 0 Å². The van der Waals surface area contributed by atoms with Crippen LogP contribution >= 0.6 is 11.8 Å². The molecule has 0 saturated carbocycles. The minimum absolute atomic E-state index is 0.545. The zero-order chi connectivity index (χ0) is 13.1. The standard InChI is InChI=1S/C15H33NS/c1-6-15(7-2,10-9-11-17-8-3)13-16-12-14(4)5/h14,16H,6-13H2,1-5H3. The van der Waals surface area contributed by atoms with Gasteiger partial charge in [-0.05, 0) is 55.1 Å². The molecule has 104 valence electrons. The first-order valence-electron chi connectivity index (χ1n) is 7.38. The van der Waals surface area contributed by atoms with Crippen molar-refractivity contribution in [2.45, 2.75) is 60.3 Å². The molecule has 0 aliphatic rings. The topological polar surface area (TPSA) is 12.0 Å². The van der Waals surface area contributed by atoms with Gasteiger partial charge in [0, 0.05) is 6.54 Å². The molecule has 0 aromatic carbocycles. The molecule has 1 N–H and O–H groups in total. The molecule has 0 heterocycles. The molecule has 0 aromatic rings. The SMILES string of the molecule is CCSCCCC(CC)(CC)CNCC(C)C. The van der Waals surface area contributed by atoms with Crippen LogP contribution in [0.5, 0.6) is 0 Å². The van der Waals surface area contributed by atoms with Crippen LogP contribution < -0.4 is 5.32 Å². The fourth-order valence-corrected chi connectivity index (χ4v) is 2.90. The molecule has 0 unspecified atom stereocenters. The third kappa shape index (κ3) is 8.10. The molecule has 1 nitrogen and oxygen atoms in total. The van der Waals surface area contributed by atoms with Crippen molar-refractivity contribution in [2.75, 3.05) is 24.6 Å². The van der Waals surface area contributed by atoms with Crippen molar-refractivity contribution in [3.8, 4) is 0 Å². The van der Waals surface area contributed by atoms with Crippen LogP contribution in [0.2, 0.25) is 0 Å². The van der Waals surface area contributed by atoms with Gasteiger partial charge in [0.25, 0.3) is 0 Å². The highest BCUT2D eigenvalue weighted by atomic mass is 32.2. The molecule has 0 atom stereocenters. The van der Waals surface area contributed by atoms with Crippen LogP contribution in [0.25, 0.3) is 0 Å². The number of hydrogen-bond donors (Lipinski definition) is 1. The number of hydrogen-bond acceptors (Lipinski definition) is 2. The van der Waals surface area contributed by atoms with Crippen molar-refractivity contribution in [1.29, 1.82) is 0 Å². The van der Waals surface area contributed by atoms with Crippen LogP contribution in [0.3, 0.4) is 0 Å². The lowest BCUT2D eigenvalue weighted by Gasteiger charge is -2.32. The van der Waals surface area contributed by atoms with E-state index in [9.17, 15) is 0 Å². The summed E-state index contributed by atoms with van der Waals surface area (Å²) in [6.45, 7) is 13.9. The molecule has 0 bridgehead atoms. The fourth-order valence-electron chi connectivity index (χ4n) is 2.26. The Kier molecular flexibility index (Phi) is 10.4. The van der Waals surface area contributed by atoms with Gasteiger partial charge >= 0.3 is 0 Å². The highest BCUT2D eigenvalue weighted by Crippen LogP contribution is 2.31. The molecule has 0 radical (unpaired) electrons. The lowest BCUT2D eigenvalue weighted by molar-refractivity contribution is 0.223. The van der Waals surface area contributed by atoms with Gasteiger partial charge in [-0.1, -0.05) is 34.6 Å². The van der Waals surface area contributed by atoms with E-state index in [4.69, 9.17) is 0 Å². The molecule has 0 rings (SSSR count). The normalized spacial score (nSPS) is 12.4. The predicted octanol–water partition coefficient (Wildman–Crippen LogP) is 4.57. The Hall–Kier alpha value is 0.310. The molecule has 0 aliphatic heterocycles. The first kappa shape index (κ1) is 17.3. The minimum Gasteiger partial charge on any atom is -0.316 e. The van der Waals surface area contributed by atoms with E-state index in [1.165, 1.54) is 43.7 Å². The second-order valence-electron chi connectivity index (χ2n) is 5.53. The van der Waals surface area contributed by atoms with Crippen molar-refractivity contribution < 1.29 is 0 Å². The van der Waals surface area contributed by atoms with Gasteiger partial charge in [0.2, 0.25) is 0 Å². The van der Waals surface area contributed by atoms with Gasteiger partial charge in [-0.25, -0.2) is 0 Å². The van der Waals surface area contributed by atoms with E-state index < -0.39 is 0 Å². The van der Waals surface area contributed by atoms with Crippen molar-refractivity contribution in [1.82, 2.24) is 5.32 Å². The molecule has 0 spiro atoms. The smallest absolute Gasteiger partial charge is 0.000772 e. The monoisotopic (exact) mass is 259 g/mol. The van der Waals surface area contributed by atoms with Gasteiger partial charge in [0.1, 0.15) is 0 Å². The van der Waals surface area contributed by atoms with Crippen LogP contribution in [0, 0.1) is 11.3 Å².